The molecule has 0 saturated carbocycles. The Morgan fingerprint density at radius 3 is 2.70 bits per heavy atom. The zero-order chi connectivity index (χ0) is 16.4. The molecule has 2 N–H and O–H groups in total. The second kappa shape index (κ2) is 6.32. The van der Waals surface area contributed by atoms with Crippen LogP contribution in [-0.2, 0) is 11.3 Å². The van der Waals surface area contributed by atoms with E-state index >= 15 is 0 Å². The van der Waals surface area contributed by atoms with Crippen molar-refractivity contribution in [2.75, 3.05) is 13.1 Å². The first-order valence-corrected chi connectivity index (χ1v) is 7.79. The second-order valence-electron chi connectivity index (χ2n) is 5.89. The minimum absolute atomic E-state index is 0.154. The fourth-order valence-electron chi connectivity index (χ4n) is 3.05. The molecular weight excluding hydrogens is 296 g/mol. The molecule has 0 unspecified atom stereocenters. The Balaban J connectivity index is 1.61. The number of hydrogen-bond donors (Lipinski definition) is 2. The number of benzene rings is 1. The summed E-state index contributed by atoms with van der Waals surface area (Å²) >= 11 is 0. The van der Waals surface area contributed by atoms with Crippen LogP contribution in [0.1, 0.15) is 24.2 Å². The quantitative estimate of drug-likeness (QED) is 0.912. The van der Waals surface area contributed by atoms with Crippen LogP contribution < -0.4 is 5.32 Å². The van der Waals surface area contributed by atoms with Crippen LogP contribution in [0, 0.1) is 12.8 Å². The van der Waals surface area contributed by atoms with E-state index in [0.717, 1.165) is 22.3 Å². The highest BCUT2D eigenvalue weighted by molar-refractivity contribution is 5.83. The average molecular weight is 316 g/mol. The van der Waals surface area contributed by atoms with Crippen LogP contribution in [0.2, 0.25) is 0 Å². The Morgan fingerprint density at radius 1 is 1.30 bits per heavy atom. The van der Waals surface area contributed by atoms with Crippen LogP contribution in [0.5, 0.6) is 0 Å². The smallest absolute Gasteiger partial charge is 0.317 e. The molecule has 1 aromatic carbocycles. The predicted molar refractivity (Wildman–Crippen MR) is 85.1 cm³/mol. The van der Waals surface area contributed by atoms with Crippen molar-refractivity contribution >= 4 is 23.0 Å². The van der Waals surface area contributed by atoms with Gasteiger partial charge in [-0.1, -0.05) is 18.2 Å². The van der Waals surface area contributed by atoms with Gasteiger partial charge in [0.15, 0.2) is 0 Å². The average Bonchev–Trinajstić information content (AvgIpc) is 2.88. The lowest BCUT2D eigenvalue weighted by Crippen LogP contribution is -2.45. The number of piperidine rings is 1. The zero-order valence-corrected chi connectivity index (χ0v) is 13.0. The van der Waals surface area contributed by atoms with E-state index in [1.165, 1.54) is 0 Å². The van der Waals surface area contributed by atoms with Crippen LogP contribution in [0.15, 0.2) is 28.7 Å². The summed E-state index contributed by atoms with van der Waals surface area (Å²) in [5, 5.41) is 12.9. The largest absolute Gasteiger partial charge is 0.481 e. The third-order valence-corrected chi connectivity index (χ3v) is 4.45. The number of rotatable bonds is 3. The highest BCUT2D eigenvalue weighted by atomic mass is 16.4. The summed E-state index contributed by atoms with van der Waals surface area (Å²) in [6.07, 6.45) is 1.02. The van der Waals surface area contributed by atoms with Gasteiger partial charge in [-0.3, -0.25) is 4.79 Å². The molecule has 0 bridgehead atoms. The molecule has 6 heteroatoms. The maximum absolute atomic E-state index is 12.3. The van der Waals surface area contributed by atoms with Crippen molar-refractivity contribution in [2.24, 2.45) is 5.92 Å². The molecule has 2 heterocycles. The van der Waals surface area contributed by atoms with Crippen molar-refractivity contribution < 1.29 is 19.1 Å². The van der Waals surface area contributed by atoms with Crippen molar-refractivity contribution in [1.82, 2.24) is 10.2 Å². The molecule has 1 saturated heterocycles. The number of furan rings is 1. The van der Waals surface area contributed by atoms with E-state index in [1.54, 1.807) is 4.90 Å². The van der Waals surface area contributed by atoms with Crippen molar-refractivity contribution in [3.63, 3.8) is 0 Å². The van der Waals surface area contributed by atoms with Crippen molar-refractivity contribution in [1.29, 1.82) is 0 Å². The number of amides is 2. The number of carbonyl (C=O) groups excluding carboxylic acids is 1. The van der Waals surface area contributed by atoms with Gasteiger partial charge >= 0.3 is 12.0 Å². The second-order valence-corrected chi connectivity index (χ2v) is 5.89. The van der Waals surface area contributed by atoms with Crippen molar-refractivity contribution in [2.45, 2.75) is 26.3 Å². The fraction of sp³-hybridized carbons (Fsp3) is 0.412. The number of hydrogen-bond acceptors (Lipinski definition) is 3. The molecule has 2 aromatic rings. The summed E-state index contributed by atoms with van der Waals surface area (Å²) in [4.78, 5) is 24.9. The number of carboxylic acids is 1. The topological polar surface area (TPSA) is 82.8 Å². The molecule has 1 aromatic heterocycles. The number of carboxylic acid groups (broad SMARTS) is 1. The normalized spacial score (nSPS) is 15.8. The van der Waals surface area contributed by atoms with E-state index < -0.39 is 5.97 Å². The molecule has 0 spiro atoms. The number of fused-ring (bicyclic) bond motifs is 1. The van der Waals surface area contributed by atoms with Crippen LogP contribution in [0.25, 0.3) is 11.0 Å². The molecule has 6 nitrogen and oxygen atoms in total. The van der Waals surface area contributed by atoms with E-state index in [4.69, 9.17) is 9.52 Å². The molecule has 0 aliphatic carbocycles. The summed E-state index contributed by atoms with van der Waals surface area (Å²) < 4.78 is 5.69. The number of nitrogens with one attached hydrogen (secondary N) is 1. The van der Waals surface area contributed by atoms with Crippen molar-refractivity contribution in [3.05, 3.63) is 35.6 Å². The molecule has 2 amide bonds. The predicted octanol–water partition coefficient (Wildman–Crippen LogP) is 2.75. The number of para-hydroxylation sites is 1. The molecule has 1 aliphatic heterocycles. The molecule has 3 rings (SSSR count). The molecule has 1 aliphatic rings. The summed E-state index contributed by atoms with van der Waals surface area (Å²) in [5.41, 5.74) is 1.80. The number of aryl methyl sites for hydroxylation is 1. The van der Waals surface area contributed by atoms with Gasteiger partial charge in [0.25, 0.3) is 0 Å². The van der Waals surface area contributed by atoms with E-state index in [0.29, 0.717) is 32.5 Å². The lowest BCUT2D eigenvalue weighted by Gasteiger charge is -2.30. The van der Waals surface area contributed by atoms with E-state index in [1.807, 2.05) is 31.2 Å². The number of likely N-dealkylation sites (tertiary alicyclic amines) is 1. The number of carbonyl (C=O) groups is 2. The van der Waals surface area contributed by atoms with Gasteiger partial charge in [0, 0.05) is 30.6 Å². The van der Waals surface area contributed by atoms with Gasteiger partial charge < -0.3 is 19.7 Å². The molecule has 0 atom stereocenters. The van der Waals surface area contributed by atoms with Gasteiger partial charge in [-0.25, -0.2) is 4.79 Å². The number of aliphatic carboxylic acids is 1. The van der Waals surface area contributed by atoms with E-state index in [-0.39, 0.29) is 11.9 Å². The third-order valence-electron chi connectivity index (χ3n) is 4.45. The van der Waals surface area contributed by atoms with Gasteiger partial charge in [-0.15, -0.1) is 0 Å². The summed E-state index contributed by atoms with van der Waals surface area (Å²) in [6.45, 7) is 3.25. The summed E-state index contributed by atoms with van der Waals surface area (Å²) in [6, 6.07) is 7.59. The van der Waals surface area contributed by atoms with E-state index in [2.05, 4.69) is 5.32 Å². The Hall–Kier alpha value is -2.50. The minimum Gasteiger partial charge on any atom is -0.481 e. The van der Waals surface area contributed by atoms with Gasteiger partial charge in [-0.2, -0.15) is 0 Å². The Morgan fingerprint density at radius 2 is 2.00 bits per heavy atom. The molecule has 122 valence electrons. The van der Waals surface area contributed by atoms with Crippen LogP contribution in [0.3, 0.4) is 0 Å². The minimum atomic E-state index is -0.773. The Kier molecular flexibility index (Phi) is 4.23. The first kappa shape index (κ1) is 15.4. The van der Waals surface area contributed by atoms with Gasteiger partial charge in [0.1, 0.15) is 11.3 Å². The van der Waals surface area contributed by atoms with Gasteiger partial charge in [0.2, 0.25) is 0 Å². The number of urea groups is 1. The lowest BCUT2D eigenvalue weighted by molar-refractivity contribution is -0.143. The number of nitrogens with zero attached hydrogens (tertiary/aromatic N) is 1. The van der Waals surface area contributed by atoms with Crippen LogP contribution in [0.4, 0.5) is 4.79 Å². The first-order valence-electron chi connectivity index (χ1n) is 7.79. The zero-order valence-electron chi connectivity index (χ0n) is 13.0. The molecule has 23 heavy (non-hydrogen) atoms. The Bertz CT molecular complexity index is 729. The van der Waals surface area contributed by atoms with E-state index in [9.17, 15) is 9.59 Å². The molecular formula is C17H20N2O4. The third kappa shape index (κ3) is 3.16. The maximum atomic E-state index is 12.3. The molecule has 0 radical (unpaired) electrons. The summed E-state index contributed by atoms with van der Waals surface area (Å²) in [7, 11) is 0. The van der Waals surface area contributed by atoms with Crippen LogP contribution >= 0.6 is 0 Å². The lowest BCUT2D eigenvalue weighted by atomic mass is 9.97. The van der Waals surface area contributed by atoms with Gasteiger partial charge in [0.05, 0.1) is 5.92 Å². The highest BCUT2D eigenvalue weighted by Gasteiger charge is 2.27. The maximum Gasteiger partial charge on any atom is 0.317 e. The molecule has 1 fully saturated rings. The Labute approximate surface area is 134 Å². The first-order chi connectivity index (χ1) is 11.1. The van der Waals surface area contributed by atoms with Crippen LogP contribution in [-0.4, -0.2) is 35.1 Å². The monoisotopic (exact) mass is 316 g/mol. The summed E-state index contributed by atoms with van der Waals surface area (Å²) in [5.74, 6) is -0.305. The SMILES string of the molecule is Cc1oc2ccccc2c1CNC(=O)N1CCC(C(=O)O)CC1. The fourth-order valence-corrected chi connectivity index (χ4v) is 3.05. The van der Waals surface area contributed by atoms with Gasteiger partial charge in [-0.05, 0) is 25.8 Å². The highest BCUT2D eigenvalue weighted by Crippen LogP contribution is 2.25. The standard InChI is InChI=1S/C17H20N2O4/c1-11-14(13-4-2-3-5-15(13)23-11)10-18-17(22)19-8-6-12(7-9-19)16(20)21/h2-5,12H,6-10H2,1H3,(H,18,22)(H,20,21). The van der Waals surface area contributed by atoms with Crippen molar-refractivity contribution in [3.8, 4) is 0 Å².